The third kappa shape index (κ3) is 4.24. The molecule has 3 aromatic rings. The van der Waals surface area contributed by atoms with Gasteiger partial charge in [-0.25, -0.2) is 0 Å². The lowest BCUT2D eigenvalue weighted by atomic mass is 9.84. The largest absolute Gasteiger partial charge is 0.497 e. The van der Waals surface area contributed by atoms with Crippen LogP contribution in [0.5, 0.6) is 28.7 Å². The summed E-state index contributed by atoms with van der Waals surface area (Å²) in [5.41, 5.74) is 3.08. The van der Waals surface area contributed by atoms with E-state index in [0.717, 1.165) is 28.2 Å². The summed E-state index contributed by atoms with van der Waals surface area (Å²) in [4.78, 5) is 0. The summed E-state index contributed by atoms with van der Waals surface area (Å²) in [6.45, 7) is 0. The molecule has 3 aromatic carbocycles. The molecule has 0 spiro atoms. The molecule has 0 aliphatic carbocycles. The molecule has 0 radical (unpaired) electrons. The molecule has 0 amide bonds. The molecule has 3 rings (SSSR count). The quantitative estimate of drug-likeness (QED) is 0.508. The Bertz CT molecular complexity index is 860. The van der Waals surface area contributed by atoms with Crippen molar-refractivity contribution in [2.24, 2.45) is 0 Å². The molecule has 5 nitrogen and oxygen atoms in total. The first-order valence-electron chi connectivity index (χ1n) is 9.23. The highest BCUT2D eigenvalue weighted by molar-refractivity contribution is 5.59. The van der Waals surface area contributed by atoms with E-state index >= 15 is 0 Å². The number of ether oxygens (including phenoxy) is 5. The van der Waals surface area contributed by atoms with Gasteiger partial charge in [0.15, 0.2) is 0 Å². The minimum Gasteiger partial charge on any atom is -0.497 e. The SMILES string of the molecule is COc1ccc(C(c2ccc(OC)cc2)c2c(OC)cc(OC)cc2OC)cc1. The number of hydrogen-bond acceptors (Lipinski definition) is 5. The minimum absolute atomic E-state index is 0.123. The molecule has 0 saturated heterocycles. The fourth-order valence-electron chi connectivity index (χ4n) is 3.44. The molecular weight excluding hydrogens is 368 g/mol. The van der Waals surface area contributed by atoms with E-state index in [9.17, 15) is 0 Å². The summed E-state index contributed by atoms with van der Waals surface area (Å²) < 4.78 is 27.5. The maximum Gasteiger partial charge on any atom is 0.130 e. The molecule has 0 aliphatic heterocycles. The zero-order chi connectivity index (χ0) is 20.8. The number of methoxy groups -OCH3 is 5. The summed E-state index contributed by atoms with van der Waals surface area (Å²) in [5, 5.41) is 0. The average molecular weight is 394 g/mol. The Morgan fingerprint density at radius 2 is 0.862 bits per heavy atom. The fraction of sp³-hybridized carbons (Fsp3) is 0.250. The van der Waals surface area contributed by atoms with Gasteiger partial charge in [-0.2, -0.15) is 0 Å². The molecule has 0 unspecified atom stereocenters. The first kappa shape index (κ1) is 20.4. The second kappa shape index (κ2) is 9.24. The van der Waals surface area contributed by atoms with E-state index in [1.54, 1.807) is 35.5 Å². The van der Waals surface area contributed by atoms with Crippen molar-refractivity contribution in [3.63, 3.8) is 0 Å². The smallest absolute Gasteiger partial charge is 0.130 e. The maximum atomic E-state index is 5.73. The van der Waals surface area contributed by atoms with Crippen molar-refractivity contribution in [1.29, 1.82) is 0 Å². The molecule has 0 heterocycles. The van der Waals surface area contributed by atoms with Gasteiger partial charge in [0.1, 0.15) is 28.7 Å². The highest BCUT2D eigenvalue weighted by Gasteiger charge is 2.26. The van der Waals surface area contributed by atoms with Crippen LogP contribution in [0.15, 0.2) is 60.7 Å². The third-order valence-corrected chi connectivity index (χ3v) is 4.94. The highest BCUT2D eigenvalue weighted by atomic mass is 16.5. The number of benzene rings is 3. The van der Waals surface area contributed by atoms with Gasteiger partial charge in [0.05, 0.1) is 35.5 Å². The van der Waals surface area contributed by atoms with Crippen LogP contribution in [0.3, 0.4) is 0 Å². The van der Waals surface area contributed by atoms with Crippen molar-refractivity contribution in [1.82, 2.24) is 0 Å². The van der Waals surface area contributed by atoms with Crippen LogP contribution in [0.2, 0.25) is 0 Å². The Balaban J connectivity index is 2.24. The van der Waals surface area contributed by atoms with Crippen molar-refractivity contribution in [2.75, 3.05) is 35.5 Å². The van der Waals surface area contributed by atoms with E-state index in [2.05, 4.69) is 24.3 Å². The van der Waals surface area contributed by atoms with Gasteiger partial charge in [-0.05, 0) is 35.4 Å². The number of hydrogen-bond donors (Lipinski definition) is 0. The van der Waals surface area contributed by atoms with E-state index in [0.29, 0.717) is 17.2 Å². The molecule has 29 heavy (non-hydrogen) atoms. The van der Waals surface area contributed by atoms with Gasteiger partial charge in [0.25, 0.3) is 0 Å². The first-order valence-corrected chi connectivity index (χ1v) is 9.23. The first-order chi connectivity index (χ1) is 14.1. The van der Waals surface area contributed by atoms with Crippen molar-refractivity contribution in [3.8, 4) is 28.7 Å². The van der Waals surface area contributed by atoms with Gasteiger partial charge >= 0.3 is 0 Å². The Labute approximate surface area is 171 Å². The third-order valence-electron chi connectivity index (χ3n) is 4.94. The molecule has 0 N–H and O–H groups in total. The fourth-order valence-corrected chi connectivity index (χ4v) is 3.44. The summed E-state index contributed by atoms with van der Waals surface area (Å²) in [6, 6.07) is 19.8. The second-order valence-electron chi connectivity index (χ2n) is 6.42. The van der Waals surface area contributed by atoms with Crippen LogP contribution >= 0.6 is 0 Å². The van der Waals surface area contributed by atoms with Crippen molar-refractivity contribution in [2.45, 2.75) is 5.92 Å². The molecule has 0 aliphatic rings. The van der Waals surface area contributed by atoms with Crippen LogP contribution in [0, 0.1) is 0 Å². The summed E-state index contributed by atoms with van der Waals surface area (Å²) >= 11 is 0. The van der Waals surface area contributed by atoms with Crippen LogP contribution in [0.25, 0.3) is 0 Å². The lowest BCUT2D eigenvalue weighted by Gasteiger charge is -2.24. The van der Waals surface area contributed by atoms with E-state index in [4.69, 9.17) is 23.7 Å². The number of rotatable bonds is 8. The summed E-state index contributed by atoms with van der Waals surface area (Å²) in [7, 11) is 8.24. The molecular formula is C24H26O5. The highest BCUT2D eigenvalue weighted by Crippen LogP contribution is 2.45. The molecule has 0 saturated carbocycles. The van der Waals surface area contributed by atoms with Gasteiger partial charge in [-0.1, -0.05) is 24.3 Å². The topological polar surface area (TPSA) is 46.2 Å². The summed E-state index contributed by atoms with van der Waals surface area (Å²) in [5.74, 6) is 3.54. The molecule has 0 bridgehead atoms. The van der Waals surface area contributed by atoms with Crippen molar-refractivity contribution >= 4 is 0 Å². The van der Waals surface area contributed by atoms with Gasteiger partial charge in [-0.15, -0.1) is 0 Å². The van der Waals surface area contributed by atoms with E-state index in [1.807, 2.05) is 36.4 Å². The van der Waals surface area contributed by atoms with Crippen molar-refractivity contribution in [3.05, 3.63) is 77.4 Å². The normalized spacial score (nSPS) is 10.6. The monoisotopic (exact) mass is 394 g/mol. The molecule has 5 heteroatoms. The molecule has 0 atom stereocenters. The van der Waals surface area contributed by atoms with E-state index in [1.165, 1.54) is 0 Å². The van der Waals surface area contributed by atoms with Gasteiger partial charge < -0.3 is 23.7 Å². The van der Waals surface area contributed by atoms with Gasteiger partial charge in [-0.3, -0.25) is 0 Å². The van der Waals surface area contributed by atoms with Crippen LogP contribution in [0.4, 0.5) is 0 Å². The lowest BCUT2D eigenvalue weighted by molar-refractivity contribution is 0.368. The second-order valence-corrected chi connectivity index (χ2v) is 6.42. The molecule has 0 aromatic heterocycles. The van der Waals surface area contributed by atoms with E-state index in [-0.39, 0.29) is 5.92 Å². The Morgan fingerprint density at radius 3 is 1.17 bits per heavy atom. The maximum absolute atomic E-state index is 5.73. The summed E-state index contributed by atoms with van der Waals surface area (Å²) in [6.07, 6.45) is 0. The van der Waals surface area contributed by atoms with Crippen LogP contribution in [-0.4, -0.2) is 35.5 Å². The Morgan fingerprint density at radius 1 is 0.483 bits per heavy atom. The van der Waals surface area contributed by atoms with E-state index < -0.39 is 0 Å². The van der Waals surface area contributed by atoms with Gasteiger partial charge in [0, 0.05) is 23.6 Å². The van der Waals surface area contributed by atoms with Crippen LogP contribution in [-0.2, 0) is 0 Å². The van der Waals surface area contributed by atoms with Crippen LogP contribution in [0.1, 0.15) is 22.6 Å². The standard InChI is InChI=1S/C24H26O5/c1-25-18-10-6-16(7-11-18)23(17-8-12-19(26-2)13-9-17)24-21(28-4)14-20(27-3)15-22(24)29-5/h6-15,23H,1-5H3. The van der Waals surface area contributed by atoms with Gasteiger partial charge in [0.2, 0.25) is 0 Å². The average Bonchev–Trinajstić information content (AvgIpc) is 2.79. The zero-order valence-electron chi connectivity index (χ0n) is 17.4. The minimum atomic E-state index is -0.123. The Kier molecular flexibility index (Phi) is 6.50. The predicted molar refractivity (Wildman–Crippen MR) is 113 cm³/mol. The Hall–Kier alpha value is -3.34. The van der Waals surface area contributed by atoms with Crippen molar-refractivity contribution < 1.29 is 23.7 Å². The van der Waals surface area contributed by atoms with Crippen LogP contribution < -0.4 is 23.7 Å². The molecule has 152 valence electrons. The predicted octanol–water partition coefficient (Wildman–Crippen LogP) is 4.91. The lowest BCUT2D eigenvalue weighted by Crippen LogP contribution is -2.08. The molecule has 0 fully saturated rings. The zero-order valence-corrected chi connectivity index (χ0v) is 17.4.